The third-order valence-corrected chi connectivity index (χ3v) is 2.37. The van der Waals surface area contributed by atoms with Gasteiger partial charge >= 0.3 is 0 Å². The van der Waals surface area contributed by atoms with Crippen LogP contribution in [0.1, 0.15) is 19.4 Å². The number of aromatic nitrogens is 2. The molecule has 0 aliphatic heterocycles. The highest BCUT2D eigenvalue weighted by molar-refractivity contribution is 5.31. The van der Waals surface area contributed by atoms with Gasteiger partial charge in [0.15, 0.2) is 0 Å². The molecule has 0 saturated carbocycles. The minimum atomic E-state index is 0.467. The van der Waals surface area contributed by atoms with Gasteiger partial charge in [0.2, 0.25) is 5.88 Å². The first kappa shape index (κ1) is 12.5. The smallest absolute Gasteiger partial charge is 0.237 e. The zero-order valence-corrected chi connectivity index (χ0v) is 10.6. The third kappa shape index (κ3) is 3.82. The van der Waals surface area contributed by atoms with E-state index in [0.29, 0.717) is 11.9 Å². The predicted molar refractivity (Wildman–Crippen MR) is 70.5 cm³/mol. The van der Waals surface area contributed by atoms with E-state index in [0.717, 1.165) is 12.3 Å². The van der Waals surface area contributed by atoms with E-state index >= 15 is 0 Å². The van der Waals surface area contributed by atoms with E-state index in [9.17, 15) is 0 Å². The van der Waals surface area contributed by atoms with Crippen LogP contribution in [0.4, 0.5) is 0 Å². The molecule has 0 bridgehead atoms. The van der Waals surface area contributed by atoms with E-state index in [4.69, 9.17) is 4.74 Å². The van der Waals surface area contributed by atoms with Gasteiger partial charge in [0.05, 0.1) is 6.20 Å². The molecule has 0 spiro atoms. The summed E-state index contributed by atoms with van der Waals surface area (Å²) in [6.07, 6.45) is 4.83. The number of nitrogens with one attached hydrogen (secondary N) is 1. The van der Waals surface area contributed by atoms with Crippen LogP contribution in [0.5, 0.6) is 11.6 Å². The summed E-state index contributed by atoms with van der Waals surface area (Å²) in [5.74, 6) is 1.28. The molecule has 4 heteroatoms. The average molecular weight is 243 g/mol. The largest absolute Gasteiger partial charge is 0.437 e. The molecule has 2 aromatic rings. The van der Waals surface area contributed by atoms with Gasteiger partial charge < -0.3 is 10.1 Å². The maximum absolute atomic E-state index is 5.62. The Morgan fingerprint density at radius 3 is 2.89 bits per heavy atom. The molecular weight excluding hydrogens is 226 g/mol. The highest BCUT2D eigenvalue weighted by Crippen LogP contribution is 2.19. The second-order valence-corrected chi connectivity index (χ2v) is 4.33. The van der Waals surface area contributed by atoms with Crippen LogP contribution in [-0.2, 0) is 6.54 Å². The van der Waals surface area contributed by atoms with Gasteiger partial charge in [-0.25, -0.2) is 4.98 Å². The van der Waals surface area contributed by atoms with Crippen LogP contribution in [-0.4, -0.2) is 16.0 Å². The molecule has 0 amide bonds. The molecule has 1 aromatic carbocycles. The summed E-state index contributed by atoms with van der Waals surface area (Å²) in [7, 11) is 0. The summed E-state index contributed by atoms with van der Waals surface area (Å²) in [6, 6.07) is 8.43. The molecule has 1 aromatic heterocycles. The first-order valence-electron chi connectivity index (χ1n) is 6.00. The van der Waals surface area contributed by atoms with Crippen molar-refractivity contribution in [2.45, 2.75) is 26.4 Å². The van der Waals surface area contributed by atoms with Gasteiger partial charge in [-0.3, -0.25) is 4.98 Å². The summed E-state index contributed by atoms with van der Waals surface area (Å²) < 4.78 is 5.62. The van der Waals surface area contributed by atoms with E-state index in [1.807, 2.05) is 18.2 Å². The number of hydrogen-bond acceptors (Lipinski definition) is 4. The fourth-order valence-electron chi connectivity index (χ4n) is 1.50. The Morgan fingerprint density at radius 2 is 2.17 bits per heavy atom. The van der Waals surface area contributed by atoms with E-state index in [-0.39, 0.29) is 0 Å². The normalized spacial score (nSPS) is 10.6. The van der Waals surface area contributed by atoms with Gasteiger partial charge in [0.25, 0.3) is 0 Å². The number of nitrogens with zero attached hydrogens (tertiary/aromatic N) is 2. The van der Waals surface area contributed by atoms with Gasteiger partial charge in [0.1, 0.15) is 5.75 Å². The van der Waals surface area contributed by atoms with Gasteiger partial charge in [-0.05, 0) is 17.7 Å². The van der Waals surface area contributed by atoms with Crippen molar-refractivity contribution in [2.24, 2.45) is 0 Å². The lowest BCUT2D eigenvalue weighted by Crippen LogP contribution is -2.21. The van der Waals surface area contributed by atoms with Crippen LogP contribution < -0.4 is 10.1 Å². The van der Waals surface area contributed by atoms with Crippen LogP contribution in [0.3, 0.4) is 0 Å². The second kappa shape index (κ2) is 6.12. The maximum atomic E-state index is 5.62. The lowest BCUT2D eigenvalue weighted by Gasteiger charge is -2.09. The monoisotopic (exact) mass is 243 g/mol. The van der Waals surface area contributed by atoms with Gasteiger partial charge in [-0.1, -0.05) is 26.0 Å². The Hall–Kier alpha value is -1.94. The number of benzene rings is 1. The van der Waals surface area contributed by atoms with E-state index < -0.39 is 0 Å². The van der Waals surface area contributed by atoms with Crippen molar-refractivity contribution in [3.8, 4) is 11.6 Å². The van der Waals surface area contributed by atoms with Crippen molar-refractivity contribution in [3.63, 3.8) is 0 Å². The molecular formula is C14H17N3O. The van der Waals surface area contributed by atoms with Crippen molar-refractivity contribution >= 4 is 0 Å². The molecule has 0 aliphatic carbocycles. The van der Waals surface area contributed by atoms with Gasteiger partial charge in [0, 0.05) is 25.0 Å². The number of rotatable bonds is 5. The second-order valence-electron chi connectivity index (χ2n) is 4.33. The fraction of sp³-hybridized carbons (Fsp3) is 0.286. The molecule has 0 saturated heterocycles. The third-order valence-electron chi connectivity index (χ3n) is 2.37. The Labute approximate surface area is 107 Å². The van der Waals surface area contributed by atoms with Gasteiger partial charge in [-0.15, -0.1) is 0 Å². The molecule has 4 nitrogen and oxygen atoms in total. The lowest BCUT2D eigenvalue weighted by molar-refractivity contribution is 0.459. The Balaban J connectivity index is 2.03. The maximum Gasteiger partial charge on any atom is 0.237 e. The zero-order valence-electron chi connectivity index (χ0n) is 10.6. The van der Waals surface area contributed by atoms with Crippen molar-refractivity contribution < 1.29 is 4.74 Å². The molecule has 0 aliphatic rings. The van der Waals surface area contributed by atoms with Crippen LogP contribution >= 0.6 is 0 Å². The van der Waals surface area contributed by atoms with E-state index in [2.05, 4.69) is 35.2 Å². The number of hydrogen-bond donors (Lipinski definition) is 1. The molecule has 0 unspecified atom stereocenters. The Kier molecular flexibility index (Phi) is 4.25. The summed E-state index contributed by atoms with van der Waals surface area (Å²) in [4.78, 5) is 8.04. The summed E-state index contributed by atoms with van der Waals surface area (Å²) >= 11 is 0. The summed E-state index contributed by atoms with van der Waals surface area (Å²) in [5.41, 5.74) is 1.19. The molecule has 1 heterocycles. The SMILES string of the molecule is CC(C)NCc1cccc(Oc2cnccn2)c1. The van der Waals surface area contributed by atoms with Gasteiger partial charge in [-0.2, -0.15) is 0 Å². The van der Waals surface area contributed by atoms with Crippen molar-refractivity contribution in [2.75, 3.05) is 0 Å². The van der Waals surface area contributed by atoms with Crippen LogP contribution in [0.2, 0.25) is 0 Å². The molecule has 0 fully saturated rings. The molecule has 0 radical (unpaired) electrons. The predicted octanol–water partition coefficient (Wildman–Crippen LogP) is 2.77. The molecule has 94 valence electrons. The Bertz CT molecular complexity index is 485. The molecule has 0 atom stereocenters. The van der Waals surface area contributed by atoms with Crippen molar-refractivity contribution in [3.05, 3.63) is 48.4 Å². The highest BCUT2D eigenvalue weighted by atomic mass is 16.5. The minimum absolute atomic E-state index is 0.467. The van der Waals surface area contributed by atoms with Crippen LogP contribution in [0.15, 0.2) is 42.9 Å². The van der Waals surface area contributed by atoms with Crippen molar-refractivity contribution in [1.29, 1.82) is 0 Å². The number of ether oxygens (including phenoxy) is 1. The summed E-state index contributed by atoms with van der Waals surface area (Å²) in [6.45, 7) is 5.08. The fourth-order valence-corrected chi connectivity index (χ4v) is 1.50. The van der Waals surface area contributed by atoms with Crippen LogP contribution in [0.25, 0.3) is 0 Å². The first-order chi connectivity index (χ1) is 8.74. The zero-order chi connectivity index (χ0) is 12.8. The quantitative estimate of drug-likeness (QED) is 0.877. The highest BCUT2D eigenvalue weighted by Gasteiger charge is 2.00. The van der Waals surface area contributed by atoms with E-state index in [1.54, 1.807) is 18.6 Å². The van der Waals surface area contributed by atoms with E-state index in [1.165, 1.54) is 5.56 Å². The molecule has 2 rings (SSSR count). The van der Waals surface area contributed by atoms with Crippen molar-refractivity contribution in [1.82, 2.24) is 15.3 Å². The molecule has 1 N–H and O–H groups in total. The molecule has 18 heavy (non-hydrogen) atoms. The Morgan fingerprint density at radius 1 is 1.28 bits per heavy atom. The first-order valence-corrected chi connectivity index (χ1v) is 6.00. The lowest BCUT2D eigenvalue weighted by atomic mass is 10.2. The summed E-state index contributed by atoms with van der Waals surface area (Å²) in [5, 5.41) is 3.37. The standard InChI is InChI=1S/C14H17N3O/c1-11(2)17-9-12-4-3-5-13(8-12)18-14-10-15-6-7-16-14/h3-8,10-11,17H,9H2,1-2H3. The minimum Gasteiger partial charge on any atom is -0.437 e. The van der Waals surface area contributed by atoms with Crippen LogP contribution in [0, 0.1) is 0 Å². The average Bonchev–Trinajstić information content (AvgIpc) is 2.38. The topological polar surface area (TPSA) is 47.0 Å².